The molecule has 3 heterocycles. The summed E-state index contributed by atoms with van der Waals surface area (Å²) in [4.78, 5) is 9.82. The highest BCUT2D eigenvalue weighted by Crippen LogP contribution is 2.27. The molecule has 5 N–H and O–H groups in total. The van der Waals surface area contributed by atoms with Crippen LogP contribution >= 0.6 is 12.2 Å². The molecule has 6 heteroatoms. The lowest BCUT2D eigenvalue weighted by Gasteiger charge is -2.27. The molecule has 0 atom stereocenters. The molecule has 0 aromatic carbocycles. The smallest absolute Gasteiger partial charge is 0.216 e. The second-order valence-electron chi connectivity index (χ2n) is 4.51. The van der Waals surface area contributed by atoms with Crippen molar-refractivity contribution in [3.8, 4) is 0 Å². The number of quaternary nitrogens is 1. The Balaban J connectivity index is 1.88. The lowest BCUT2D eigenvalue weighted by Crippen LogP contribution is -2.69. The highest BCUT2D eigenvalue weighted by Gasteiger charge is 2.17. The Labute approximate surface area is 116 Å². The van der Waals surface area contributed by atoms with Crippen LogP contribution in [0, 0.1) is 0 Å². The summed E-state index contributed by atoms with van der Waals surface area (Å²) in [6.45, 7) is 1.73. The van der Waals surface area contributed by atoms with Crippen molar-refractivity contribution in [2.75, 3.05) is 13.1 Å². The van der Waals surface area contributed by atoms with E-state index in [1.165, 1.54) is 11.1 Å². The van der Waals surface area contributed by atoms with E-state index >= 15 is 0 Å². The maximum Gasteiger partial charge on any atom is 0.216 e. The van der Waals surface area contributed by atoms with Gasteiger partial charge >= 0.3 is 0 Å². The van der Waals surface area contributed by atoms with Crippen molar-refractivity contribution in [1.82, 2.24) is 20.3 Å². The number of nitrogens with zero attached hydrogens (tertiary/aromatic N) is 2. The quantitative estimate of drug-likeness (QED) is 0.528. The Morgan fingerprint density at radius 2 is 2.42 bits per heavy atom. The minimum Gasteiger partial charge on any atom is -0.359 e. The van der Waals surface area contributed by atoms with Crippen molar-refractivity contribution in [3.05, 3.63) is 36.2 Å². The van der Waals surface area contributed by atoms with E-state index in [0.717, 1.165) is 30.5 Å². The minimum atomic E-state index is 0.701. The van der Waals surface area contributed by atoms with Gasteiger partial charge in [0.25, 0.3) is 0 Å². The van der Waals surface area contributed by atoms with Gasteiger partial charge in [0.1, 0.15) is 0 Å². The molecule has 0 fully saturated rings. The summed E-state index contributed by atoms with van der Waals surface area (Å²) < 4.78 is 0. The molecule has 2 aromatic heterocycles. The first kappa shape index (κ1) is 12.1. The van der Waals surface area contributed by atoms with Gasteiger partial charge < -0.3 is 9.88 Å². The van der Waals surface area contributed by atoms with Gasteiger partial charge in [-0.15, -0.1) is 0 Å². The fourth-order valence-electron chi connectivity index (χ4n) is 2.41. The molecule has 19 heavy (non-hydrogen) atoms. The van der Waals surface area contributed by atoms with Crippen LogP contribution < -0.4 is 11.3 Å². The molecule has 0 bridgehead atoms. The largest absolute Gasteiger partial charge is 0.359 e. The maximum atomic E-state index is 5.20. The van der Waals surface area contributed by atoms with E-state index in [0.29, 0.717) is 5.11 Å². The van der Waals surface area contributed by atoms with Gasteiger partial charge in [0.05, 0.1) is 11.0 Å². The lowest BCUT2D eigenvalue weighted by atomic mass is 10.0. The number of aromatic nitrogens is 2. The van der Waals surface area contributed by atoms with Crippen molar-refractivity contribution in [2.45, 2.75) is 6.42 Å². The van der Waals surface area contributed by atoms with Crippen LogP contribution in [0.3, 0.4) is 0 Å². The van der Waals surface area contributed by atoms with Gasteiger partial charge in [-0.25, -0.2) is 5.43 Å². The maximum absolute atomic E-state index is 5.20. The molecular weight excluding hydrogens is 258 g/mol. The fraction of sp³-hybridized carbons (Fsp3) is 0.231. The van der Waals surface area contributed by atoms with Gasteiger partial charge in [0, 0.05) is 31.0 Å². The van der Waals surface area contributed by atoms with Crippen molar-refractivity contribution in [3.63, 3.8) is 0 Å². The molecule has 0 amide bonds. The van der Waals surface area contributed by atoms with Crippen molar-refractivity contribution in [2.24, 2.45) is 0 Å². The van der Waals surface area contributed by atoms with Gasteiger partial charge in [0.15, 0.2) is 0 Å². The van der Waals surface area contributed by atoms with E-state index in [2.05, 4.69) is 32.2 Å². The second-order valence-corrected chi connectivity index (χ2v) is 4.90. The van der Waals surface area contributed by atoms with Crippen LogP contribution in [0.2, 0.25) is 0 Å². The predicted octanol–water partition coefficient (Wildman–Crippen LogP) is 0.683. The molecule has 0 radical (unpaired) electrons. The molecule has 1 aliphatic heterocycles. The van der Waals surface area contributed by atoms with Gasteiger partial charge in [-0.05, 0) is 36.3 Å². The van der Waals surface area contributed by atoms with Gasteiger partial charge in [-0.1, -0.05) is 6.08 Å². The Bertz CT molecular complexity index is 645. The molecule has 5 nitrogen and oxygen atoms in total. The molecule has 3 rings (SSSR count). The van der Waals surface area contributed by atoms with E-state index in [1.54, 1.807) is 0 Å². The second kappa shape index (κ2) is 4.99. The SMILES string of the molecule is [NH3+]NC(=S)N1CC=C(c2c[nH]c3cccnc23)CC1. The van der Waals surface area contributed by atoms with Crippen LogP contribution in [0.1, 0.15) is 12.0 Å². The molecule has 0 aliphatic carbocycles. The number of aromatic amines is 1. The summed E-state index contributed by atoms with van der Waals surface area (Å²) in [6, 6.07) is 3.99. The molecule has 0 unspecified atom stereocenters. The first-order chi connectivity index (χ1) is 9.29. The minimum absolute atomic E-state index is 0.701. The summed E-state index contributed by atoms with van der Waals surface area (Å²) in [5.41, 5.74) is 7.42. The number of rotatable bonds is 1. The molecule has 1 aliphatic rings. The van der Waals surface area contributed by atoms with Crippen molar-refractivity contribution >= 4 is 33.9 Å². The van der Waals surface area contributed by atoms with Crippen LogP contribution in [0.4, 0.5) is 0 Å². The summed E-state index contributed by atoms with van der Waals surface area (Å²) in [5, 5.41) is 0.701. The molecule has 0 saturated carbocycles. The van der Waals surface area contributed by atoms with Crippen LogP contribution in [0.5, 0.6) is 0 Å². The van der Waals surface area contributed by atoms with Gasteiger partial charge in [-0.2, -0.15) is 0 Å². The number of H-pyrrole nitrogens is 1. The molecule has 0 spiro atoms. The summed E-state index contributed by atoms with van der Waals surface area (Å²) in [7, 11) is 0. The Morgan fingerprint density at radius 3 is 3.16 bits per heavy atom. The number of fused-ring (bicyclic) bond motifs is 1. The zero-order valence-corrected chi connectivity index (χ0v) is 11.3. The topological polar surface area (TPSA) is 71.6 Å². The lowest BCUT2D eigenvalue weighted by molar-refractivity contribution is -0.420. The normalized spacial score (nSPS) is 15.4. The van der Waals surface area contributed by atoms with E-state index in [4.69, 9.17) is 12.2 Å². The Morgan fingerprint density at radius 1 is 1.53 bits per heavy atom. The van der Waals surface area contributed by atoms with E-state index in [1.807, 2.05) is 24.5 Å². The predicted molar refractivity (Wildman–Crippen MR) is 78.9 cm³/mol. The van der Waals surface area contributed by atoms with Crippen LogP contribution in [-0.4, -0.2) is 33.1 Å². The monoisotopic (exact) mass is 274 g/mol. The number of hydrogen-bond donors (Lipinski definition) is 3. The summed E-state index contributed by atoms with van der Waals surface area (Å²) >= 11 is 5.20. The summed E-state index contributed by atoms with van der Waals surface area (Å²) in [6.07, 6.45) is 7.05. The zero-order valence-electron chi connectivity index (χ0n) is 10.5. The average molecular weight is 274 g/mol. The first-order valence-corrected chi connectivity index (χ1v) is 6.64. The van der Waals surface area contributed by atoms with E-state index in [9.17, 15) is 0 Å². The fourth-order valence-corrected chi connectivity index (χ4v) is 2.58. The number of thiocarbonyl (C=S) groups is 1. The van der Waals surface area contributed by atoms with Gasteiger partial charge in [-0.3, -0.25) is 10.8 Å². The Hall–Kier alpha value is -1.92. The number of hydrogen-bond acceptors (Lipinski definition) is 2. The van der Waals surface area contributed by atoms with Crippen LogP contribution in [0.25, 0.3) is 16.6 Å². The average Bonchev–Trinajstić information content (AvgIpc) is 2.90. The third kappa shape index (κ3) is 2.20. The third-order valence-electron chi connectivity index (χ3n) is 3.43. The molecule has 0 saturated heterocycles. The van der Waals surface area contributed by atoms with E-state index in [-0.39, 0.29) is 0 Å². The third-order valence-corrected chi connectivity index (χ3v) is 3.83. The van der Waals surface area contributed by atoms with E-state index < -0.39 is 0 Å². The van der Waals surface area contributed by atoms with Crippen LogP contribution in [-0.2, 0) is 0 Å². The molecule has 2 aromatic rings. The summed E-state index contributed by atoms with van der Waals surface area (Å²) in [5.74, 6) is 3.60. The van der Waals surface area contributed by atoms with Crippen molar-refractivity contribution < 1.29 is 5.84 Å². The van der Waals surface area contributed by atoms with Gasteiger partial charge in [0.2, 0.25) is 5.11 Å². The van der Waals surface area contributed by atoms with Crippen LogP contribution in [0.15, 0.2) is 30.6 Å². The molecule has 98 valence electrons. The standard InChI is InChI=1S/C13H15N5S/c14-17-13(19)18-6-3-9(4-7-18)10-8-16-11-2-1-5-15-12(10)11/h1-3,5,8,16H,4,6-7,14H2,(H,17,19)/p+1. The Kier molecular flexibility index (Phi) is 3.18. The van der Waals surface area contributed by atoms with Crippen molar-refractivity contribution in [1.29, 1.82) is 0 Å². The number of nitrogens with one attached hydrogen (secondary N) is 2. The zero-order chi connectivity index (χ0) is 13.2. The highest BCUT2D eigenvalue weighted by molar-refractivity contribution is 7.80. The highest BCUT2D eigenvalue weighted by atomic mass is 32.1. The molecular formula is C13H16N5S+. The first-order valence-electron chi connectivity index (χ1n) is 6.23. The number of pyridine rings is 1.